The molecule has 0 radical (unpaired) electrons. The number of anilines is 1. The molecule has 2 rings (SSSR count). The highest BCUT2D eigenvalue weighted by Gasteiger charge is 2.09. The smallest absolute Gasteiger partial charge is 0.0511 e. The Morgan fingerprint density at radius 3 is 2.50 bits per heavy atom. The SMILES string of the molecule is CCC(Nc1ccc(I)cc1)c1cccc(Br)c1. The van der Waals surface area contributed by atoms with Gasteiger partial charge in [0.1, 0.15) is 0 Å². The van der Waals surface area contributed by atoms with Crippen LogP contribution in [-0.4, -0.2) is 0 Å². The molecule has 0 aromatic heterocycles. The Balaban J connectivity index is 2.17. The quantitative estimate of drug-likeness (QED) is 0.639. The van der Waals surface area contributed by atoms with Crippen molar-refractivity contribution in [1.29, 1.82) is 0 Å². The maximum atomic E-state index is 3.58. The Morgan fingerprint density at radius 1 is 1.17 bits per heavy atom. The average molecular weight is 416 g/mol. The molecule has 0 aliphatic carbocycles. The molecule has 1 nitrogen and oxygen atoms in total. The van der Waals surface area contributed by atoms with Gasteiger partial charge in [0.05, 0.1) is 6.04 Å². The minimum Gasteiger partial charge on any atom is -0.378 e. The van der Waals surface area contributed by atoms with E-state index in [0.29, 0.717) is 6.04 Å². The second-order valence-electron chi connectivity index (χ2n) is 4.17. The van der Waals surface area contributed by atoms with E-state index < -0.39 is 0 Å². The Labute approximate surface area is 130 Å². The molecule has 0 saturated carbocycles. The van der Waals surface area contributed by atoms with Gasteiger partial charge >= 0.3 is 0 Å². The van der Waals surface area contributed by atoms with Crippen LogP contribution in [0.15, 0.2) is 53.0 Å². The molecule has 2 aromatic carbocycles. The van der Waals surface area contributed by atoms with E-state index in [-0.39, 0.29) is 0 Å². The lowest BCUT2D eigenvalue weighted by atomic mass is 10.0. The first kappa shape index (κ1) is 13.9. The Kier molecular flexibility index (Phi) is 5.06. The van der Waals surface area contributed by atoms with Gasteiger partial charge in [-0.3, -0.25) is 0 Å². The van der Waals surface area contributed by atoms with Gasteiger partial charge in [-0.15, -0.1) is 0 Å². The Bertz CT molecular complexity index is 510. The number of benzene rings is 2. The van der Waals surface area contributed by atoms with Gasteiger partial charge in [-0.25, -0.2) is 0 Å². The zero-order valence-corrected chi connectivity index (χ0v) is 13.9. The molecule has 94 valence electrons. The van der Waals surface area contributed by atoms with Crippen molar-refractivity contribution in [3.63, 3.8) is 0 Å². The van der Waals surface area contributed by atoms with Crippen LogP contribution in [0.3, 0.4) is 0 Å². The van der Waals surface area contributed by atoms with Crippen LogP contribution in [-0.2, 0) is 0 Å². The summed E-state index contributed by atoms with van der Waals surface area (Å²) < 4.78 is 2.39. The normalized spacial score (nSPS) is 12.2. The highest BCUT2D eigenvalue weighted by molar-refractivity contribution is 14.1. The average Bonchev–Trinajstić information content (AvgIpc) is 2.38. The fourth-order valence-electron chi connectivity index (χ4n) is 1.89. The third-order valence-corrected chi connectivity index (χ3v) is 4.06. The van der Waals surface area contributed by atoms with Crippen LogP contribution in [0.25, 0.3) is 0 Å². The Hall–Kier alpha value is -0.550. The summed E-state index contributed by atoms with van der Waals surface area (Å²) in [6.45, 7) is 2.20. The molecule has 3 heteroatoms. The van der Waals surface area contributed by atoms with E-state index in [0.717, 1.165) is 10.9 Å². The summed E-state index contributed by atoms with van der Waals surface area (Å²) in [6, 6.07) is 17.3. The highest BCUT2D eigenvalue weighted by atomic mass is 127. The number of hydrogen-bond donors (Lipinski definition) is 1. The van der Waals surface area contributed by atoms with Crippen LogP contribution < -0.4 is 5.32 Å². The zero-order valence-electron chi connectivity index (χ0n) is 10.2. The van der Waals surface area contributed by atoms with Crippen molar-refractivity contribution >= 4 is 44.2 Å². The molecule has 0 spiro atoms. The largest absolute Gasteiger partial charge is 0.378 e. The molecule has 0 aliphatic heterocycles. The monoisotopic (exact) mass is 415 g/mol. The van der Waals surface area contributed by atoms with Crippen LogP contribution in [0, 0.1) is 3.57 Å². The van der Waals surface area contributed by atoms with Gasteiger partial charge in [0.2, 0.25) is 0 Å². The summed E-state index contributed by atoms with van der Waals surface area (Å²) in [5.41, 5.74) is 2.48. The maximum absolute atomic E-state index is 3.58. The van der Waals surface area contributed by atoms with E-state index in [1.807, 2.05) is 0 Å². The van der Waals surface area contributed by atoms with Crippen molar-refractivity contribution in [3.05, 3.63) is 62.1 Å². The minimum atomic E-state index is 0.350. The summed E-state index contributed by atoms with van der Waals surface area (Å²) in [5.74, 6) is 0. The summed E-state index contributed by atoms with van der Waals surface area (Å²) in [5, 5.41) is 3.58. The van der Waals surface area contributed by atoms with Crippen molar-refractivity contribution < 1.29 is 0 Å². The fraction of sp³-hybridized carbons (Fsp3) is 0.200. The van der Waals surface area contributed by atoms with Crippen LogP contribution in [0.2, 0.25) is 0 Å². The van der Waals surface area contributed by atoms with E-state index >= 15 is 0 Å². The second-order valence-corrected chi connectivity index (χ2v) is 6.33. The van der Waals surface area contributed by atoms with E-state index in [1.54, 1.807) is 0 Å². The first-order chi connectivity index (χ1) is 8.69. The lowest BCUT2D eigenvalue weighted by Gasteiger charge is -2.19. The predicted molar refractivity (Wildman–Crippen MR) is 90.0 cm³/mol. The predicted octanol–water partition coefficient (Wildman–Crippen LogP) is 5.62. The van der Waals surface area contributed by atoms with E-state index in [9.17, 15) is 0 Å². The van der Waals surface area contributed by atoms with Crippen LogP contribution >= 0.6 is 38.5 Å². The minimum absolute atomic E-state index is 0.350. The van der Waals surface area contributed by atoms with Gasteiger partial charge in [0.15, 0.2) is 0 Å². The summed E-state index contributed by atoms with van der Waals surface area (Å²) >= 11 is 5.85. The summed E-state index contributed by atoms with van der Waals surface area (Å²) in [7, 11) is 0. The van der Waals surface area contributed by atoms with Crippen molar-refractivity contribution in [2.24, 2.45) is 0 Å². The third kappa shape index (κ3) is 3.72. The third-order valence-electron chi connectivity index (χ3n) is 2.84. The summed E-state index contributed by atoms with van der Waals surface area (Å²) in [4.78, 5) is 0. The van der Waals surface area contributed by atoms with Gasteiger partial charge in [0, 0.05) is 13.7 Å². The highest BCUT2D eigenvalue weighted by Crippen LogP contribution is 2.25. The van der Waals surface area contributed by atoms with Crippen molar-refractivity contribution in [2.75, 3.05) is 5.32 Å². The molecule has 2 aromatic rings. The van der Waals surface area contributed by atoms with E-state index in [2.05, 4.69) is 99.3 Å². The molecule has 1 N–H and O–H groups in total. The number of rotatable bonds is 4. The van der Waals surface area contributed by atoms with Crippen LogP contribution in [0.4, 0.5) is 5.69 Å². The molecule has 0 aliphatic rings. The van der Waals surface area contributed by atoms with Gasteiger partial charge in [0.25, 0.3) is 0 Å². The van der Waals surface area contributed by atoms with Gasteiger partial charge in [-0.05, 0) is 71.0 Å². The Morgan fingerprint density at radius 2 is 1.89 bits per heavy atom. The maximum Gasteiger partial charge on any atom is 0.0511 e. The first-order valence-electron chi connectivity index (χ1n) is 5.96. The van der Waals surface area contributed by atoms with Crippen molar-refractivity contribution in [3.8, 4) is 0 Å². The van der Waals surface area contributed by atoms with Crippen molar-refractivity contribution in [2.45, 2.75) is 19.4 Å². The number of nitrogens with one attached hydrogen (secondary N) is 1. The lowest BCUT2D eigenvalue weighted by Crippen LogP contribution is -2.09. The summed E-state index contributed by atoms with van der Waals surface area (Å²) in [6.07, 6.45) is 1.06. The molecular weight excluding hydrogens is 401 g/mol. The molecule has 0 amide bonds. The molecule has 0 heterocycles. The molecule has 18 heavy (non-hydrogen) atoms. The molecule has 0 bridgehead atoms. The molecule has 0 fully saturated rings. The number of hydrogen-bond acceptors (Lipinski definition) is 1. The molecule has 1 atom stereocenters. The second kappa shape index (κ2) is 6.57. The standard InChI is InChI=1S/C15H15BrIN/c1-2-15(11-4-3-5-12(16)10-11)18-14-8-6-13(17)7-9-14/h3-10,15,18H,2H2,1H3. The van der Waals surface area contributed by atoms with Crippen molar-refractivity contribution in [1.82, 2.24) is 0 Å². The van der Waals surface area contributed by atoms with E-state index in [4.69, 9.17) is 0 Å². The zero-order chi connectivity index (χ0) is 13.0. The lowest BCUT2D eigenvalue weighted by molar-refractivity contribution is 0.749. The molecule has 1 unspecified atom stereocenters. The first-order valence-corrected chi connectivity index (χ1v) is 7.84. The molecule has 0 saturated heterocycles. The molecular formula is C15H15BrIN. The van der Waals surface area contributed by atoms with Crippen LogP contribution in [0.1, 0.15) is 24.9 Å². The van der Waals surface area contributed by atoms with Gasteiger partial charge < -0.3 is 5.32 Å². The topological polar surface area (TPSA) is 12.0 Å². The fourth-order valence-corrected chi connectivity index (χ4v) is 2.67. The van der Waals surface area contributed by atoms with Gasteiger partial charge in [-0.2, -0.15) is 0 Å². The van der Waals surface area contributed by atoms with E-state index in [1.165, 1.54) is 14.8 Å². The van der Waals surface area contributed by atoms with Gasteiger partial charge in [-0.1, -0.05) is 35.0 Å². The van der Waals surface area contributed by atoms with Crippen LogP contribution in [0.5, 0.6) is 0 Å². The number of halogens is 2.